The Kier molecular flexibility index (Phi) is 9.09. The standard InChI is InChI=1S/C30H37N5O6/c1-18-14-35(20(3)17-36)29(38)23-7-6-8-24(31-28(37)25-13-19(2)32-34(25)5)27(23)41-26(18)16-33(4)15-21-9-11-22(12-10-21)30(39)40/h6-13,18,20,26,36H,14-17H2,1-5H3,(H,31,37)(H,39,40)/t18-,20-,26-/m1/s1. The Labute approximate surface area is 239 Å². The first-order valence-corrected chi connectivity index (χ1v) is 13.5. The predicted molar refractivity (Wildman–Crippen MR) is 153 cm³/mol. The molecule has 4 rings (SSSR count). The monoisotopic (exact) mass is 563 g/mol. The molecule has 0 aliphatic carbocycles. The van der Waals surface area contributed by atoms with Crippen LogP contribution in [0.1, 0.15) is 56.3 Å². The average Bonchev–Trinajstić information content (AvgIpc) is 3.28. The van der Waals surface area contributed by atoms with E-state index in [9.17, 15) is 24.6 Å². The van der Waals surface area contributed by atoms with Crippen LogP contribution in [0.2, 0.25) is 0 Å². The number of hydrogen-bond acceptors (Lipinski definition) is 7. The molecule has 2 aromatic carbocycles. The summed E-state index contributed by atoms with van der Waals surface area (Å²) in [5.41, 5.74) is 2.91. The van der Waals surface area contributed by atoms with Gasteiger partial charge in [0.05, 0.1) is 35.2 Å². The predicted octanol–water partition coefficient (Wildman–Crippen LogP) is 3.03. The van der Waals surface area contributed by atoms with Crippen LogP contribution in [0.25, 0.3) is 0 Å². The Hall–Kier alpha value is -4.22. The van der Waals surface area contributed by atoms with E-state index >= 15 is 0 Å². The molecule has 0 radical (unpaired) electrons. The van der Waals surface area contributed by atoms with Crippen molar-refractivity contribution in [2.75, 3.05) is 32.1 Å². The van der Waals surface area contributed by atoms with Crippen LogP contribution in [-0.4, -0.2) is 86.5 Å². The number of anilines is 1. The van der Waals surface area contributed by atoms with Crippen LogP contribution in [0.15, 0.2) is 48.5 Å². The second kappa shape index (κ2) is 12.5. The zero-order chi connectivity index (χ0) is 29.8. The van der Waals surface area contributed by atoms with Gasteiger partial charge in [-0.25, -0.2) is 4.79 Å². The number of rotatable bonds is 9. The molecule has 1 aliphatic rings. The smallest absolute Gasteiger partial charge is 0.335 e. The second-order valence-electron chi connectivity index (χ2n) is 10.8. The number of likely N-dealkylation sites (N-methyl/N-ethyl adjacent to an activating group) is 1. The number of aliphatic hydroxyl groups excluding tert-OH is 1. The first-order valence-electron chi connectivity index (χ1n) is 13.5. The van der Waals surface area contributed by atoms with Crippen molar-refractivity contribution in [2.45, 2.75) is 39.5 Å². The molecule has 1 aliphatic heterocycles. The van der Waals surface area contributed by atoms with Gasteiger partial charge in [0.2, 0.25) is 0 Å². The number of carboxylic acids is 1. The molecule has 2 amide bonds. The second-order valence-corrected chi connectivity index (χ2v) is 10.8. The summed E-state index contributed by atoms with van der Waals surface area (Å²) in [5.74, 6) is -1.49. The molecule has 41 heavy (non-hydrogen) atoms. The summed E-state index contributed by atoms with van der Waals surface area (Å²) >= 11 is 0. The van der Waals surface area contributed by atoms with Crippen molar-refractivity contribution in [1.29, 1.82) is 0 Å². The summed E-state index contributed by atoms with van der Waals surface area (Å²) in [6, 6.07) is 13.1. The maximum Gasteiger partial charge on any atom is 0.335 e. The van der Waals surface area contributed by atoms with Gasteiger partial charge in [-0.05, 0) is 56.8 Å². The first-order chi connectivity index (χ1) is 19.5. The lowest BCUT2D eigenvalue weighted by molar-refractivity contribution is 0.0343. The number of carbonyl (C=O) groups is 3. The molecule has 3 aromatic rings. The molecular weight excluding hydrogens is 526 g/mol. The van der Waals surface area contributed by atoms with Gasteiger partial charge in [-0.2, -0.15) is 5.10 Å². The molecule has 0 saturated heterocycles. The van der Waals surface area contributed by atoms with Crippen molar-refractivity contribution < 1.29 is 29.3 Å². The van der Waals surface area contributed by atoms with Crippen LogP contribution >= 0.6 is 0 Å². The van der Waals surface area contributed by atoms with Gasteiger partial charge in [0.25, 0.3) is 11.8 Å². The molecule has 0 saturated carbocycles. The van der Waals surface area contributed by atoms with Crippen molar-refractivity contribution in [3.8, 4) is 5.75 Å². The summed E-state index contributed by atoms with van der Waals surface area (Å²) in [5, 5.41) is 26.3. The summed E-state index contributed by atoms with van der Waals surface area (Å²) < 4.78 is 8.07. The number of carboxylic acid groups (broad SMARTS) is 1. The number of aromatic nitrogens is 2. The minimum atomic E-state index is -0.974. The zero-order valence-electron chi connectivity index (χ0n) is 24.0. The van der Waals surface area contributed by atoms with E-state index in [-0.39, 0.29) is 41.8 Å². The minimum absolute atomic E-state index is 0.124. The Morgan fingerprint density at radius 3 is 2.54 bits per heavy atom. The third-order valence-electron chi connectivity index (χ3n) is 7.32. The fourth-order valence-electron chi connectivity index (χ4n) is 5.01. The molecule has 1 aromatic heterocycles. The van der Waals surface area contributed by atoms with Crippen molar-refractivity contribution in [3.63, 3.8) is 0 Å². The zero-order valence-corrected chi connectivity index (χ0v) is 24.0. The number of carbonyl (C=O) groups excluding carboxylic acids is 2. The largest absolute Gasteiger partial charge is 0.486 e. The van der Waals surface area contributed by atoms with E-state index < -0.39 is 12.0 Å². The molecule has 0 bridgehead atoms. The van der Waals surface area contributed by atoms with Gasteiger partial charge in [0, 0.05) is 32.6 Å². The maximum absolute atomic E-state index is 13.7. The lowest BCUT2D eigenvalue weighted by atomic mass is 9.98. The number of aromatic carboxylic acids is 1. The summed E-state index contributed by atoms with van der Waals surface area (Å²) in [7, 11) is 3.63. The fourth-order valence-corrected chi connectivity index (χ4v) is 5.01. The number of nitrogens with zero attached hydrogens (tertiary/aromatic N) is 4. The number of aliphatic hydroxyl groups is 1. The highest BCUT2D eigenvalue weighted by molar-refractivity contribution is 6.06. The SMILES string of the molecule is Cc1cc(C(=O)Nc2cccc3c2O[C@H](CN(C)Cc2ccc(C(=O)O)cc2)[C@H](C)CN([C@H](C)CO)C3=O)n(C)n1. The number of hydrogen-bond donors (Lipinski definition) is 3. The highest BCUT2D eigenvalue weighted by atomic mass is 16.5. The summed E-state index contributed by atoms with van der Waals surface area (Å²) in [6.45, 7) is 6.81. The van der Waals surface area contributed by atoms with Crippen LogP contribution in [0, 0.1) is 12.8 Å². The number of para-hydroxylation sites is 1. The highest BCUT2D eigenvalue weighted by Crippen LogP contribution is 2.35. The first kappa shape index (κ1) is 29.8. The lowest BCUT2D eigenvalue weighted by Gasteiger charge is -2.38. The van der Waals surface area contributed by atoms with Crippen LogP contribution in [0.5, 0.6) is 5.75 Å². The van der Waals surface area contributed by atoms with Crippen molar-refractivity contribution in [3.05, 3.63) is 76.6 Å². The molecule has 0 spiro atoms. The van der Waals surface area contributed by atoms with Crippen LogP contribution in [0.3, 0.4) is 0 Å². The van der Waals surface area contributed by atoms with Crippen LogP contribution in [0.4, 0.5) is 5.69 Å². The number of fused-ring (bicyclic) bond motifs is 1. The van der Waals surface area contributed by atoms with Gasteiger partial charge in [0.15, 0.2) is 5.75 Å². The molecule has 0 fully saturated rings. The fraction of sp³-hybridized carbons (Fsp3) is 0.400. The third-order valence-corrected chi connectivity index (χ3v) is 7.32. The van der Waals surface area contributed by atoms with Gasteiger partial charge in [-0.1, -0.05) is 25.1 Å². The topological polar surface area (TPSA) is 137 Å². The maximum atomic E-state index is 13.7. The van der Waals surface area contributed by atoms with Gasteiger partial charge in [-0.3, -0.25) is 19.2 Å². The third kappa shape index (κ3) is 6.75. The molecule has 2 heterocycles. The van der Waals surface area contributed by atoms with E-state index in [0.717, 1.165) is 5.56 Å². The summed E-state index contributed by atoms with van der Waals surface area (Å²) in [4.78, 5) is 41.8. The van der Waals surface area contributed by atoms with E-state index in [4.69, 9.17) is 4.74 Å². The molecule has 0 unspecified atom stereocenters. The quantitative estimate of drug-likeness (QED) is 0.361. The molecular formula is C30H37N5O6. The molecule has 3 atom stereocenters. The van der Waals surface area contributed by atoms with E-state index in [2.05, 4.69) is 15.3 Å². The number of ether oxygens (including phenoxy) is 1. The van der Waals surface area contributed by atoms with E-state index in [1.807, 2.05) is 14.0 Å². The number of aryl methyl sites for hydroxylation is 2. The highest BCUT2D eigenvalue weighted by Gasteiger charge is 2.34. The minimum Gasteiger partial charge on any atom is -0.486 e. The van der Waals surface area contributed by atoms with Crippen molar-refractivity contribution >= 4 is 23.5 Å². The number of nitrogens with one attached hydrogen (secondary N) is 1. The van der Waals surface area contributed by atoms with E-state index in [1.54, 1.807) is 74.3 Å². The van der Waals surface area contributed by atoms with Gasteiger partial charge in [0.1, 0.15) is 11.8 Å². The van der Waals surface area contributed by atoms with Crippen molar-refractivity contribution in [1.82, 2.24) is 19.6 Å². The van der Waals surface area contributed by atoms with E-state index in [0.29, 0.717) is 42.3 Å². The number of benzene rings is 2. The van der Waals surface area contributed by atoms with Crippen LogP contribution in [-0.2, 0) is 13.6 Å². The van der Waals surface area contributed by atoms with Gasteiger partial charge >= 0.3 is 5.97 Å². The molecule has 11 heteroatoms. The molecule has 3 N–H and O–H groups in total. The van der Waals surface area contributed by atoms with Crippen molar-refractivity contribution in [2.24, 2.45) is 13.0 Å². The van der Waals surface area contributed by atoms with Gasteiger partial charge in [-0.15, -0.1) is 0 Å². The van der Waals surface area contributed by atoms with Gasteiger partial charge < -0.3 is 25.2 Å². The van der Waals surface area contributed by atoms with Crippen LogP contribution < -0.4 is 10.1 Å². The molecule has 218 valence electrons. The Balaban J connectivity index is 1.65. The normalized spacial score (nSPS) is 17.8. The Morgan fingerprint density at radius 1 is 1.22 bits per heavy atom. The molecule has 11 nitrogen and oxygen atoms in total. The van der Waals surface area contributed by atoms with E-state index in [1.165, 1.54) is 4.68 Å². The Morgan fingerprint density at radius 2 is 1.93 bits per heavy atom. The lowest BCUT2D eigenvalue weighted by Crippen LogP contribution is -2.49. The average molecular weight is 564 g/mol. The summed E-state index contributed by atoms with van der Waals surface area (Å²) in [6.07, 6.45) is -0.379. The Bertz CT molecular complexity index is 1420. The number of amides is 2.